The van der Waals surface area contributed by atoms with E-state index in [1.807, 2.05) is 18.2 Å². The summed E-state index contributed by atoms with van der Waals surface area (Å²) >= 11 is 0. The lowest BCUT2D eigenvalue weighted by atomic mass is 10.2. The van der Waals surface area contributed by atoms with E-state index < -0.39 is 5.97 Å². The molecule has 0 aliphatic heterocycles. The van der Waals surface area contributed by atoms with Crippen molar-refractivity contribution in [3.8, 4) is 0 Å². The molecule has 0 fully saturated rings. The molecule has 0 saturated heterocycles. The molecule has 1 rings (SSSR count). The molecule has 0 radical (unpaired) electrons. The molecular weight excluding hydrogens is 206 g/mol. The number of rotatable bonds is 6. The van der Waals surface area contributed by atoms with Crippen molar-refractivity contribution in [2.45, 2.75) is 20.0 Å². The maximum absolute atomic E-state index is 10.7. The summed E-state index contributed by atoms with van der Waals surface area (Å²) in [5.74, 6) is -0.885. The molecule has 16 heavy (non-hydrogen) atoms. The van der Waals surface area contributed by atoms with Gasteiger partial charge in [0.25, 0.3) is 0 Å². The Balaban J connectivity index is 2.34. The first-order valence-corrected chi connectivity index (χ1v) is 5.14. The number of nitrogens with zero attached hydrogens (tertiary/aromatic N) is 1. The Morgan fingerprint density at radius 1 is 1.56 bits per heavy atom. The molecule has 1 N–H and O–H groups in total. The molecule has 1 aromatic heterocycles. The molecule has 0 aromatic carbocycles. The summed E-state index contributed by atoms with van der Waals surface area (Å²) in [6.45, 7) is 2.50. The molecule has 0 atom stereocenters. The molecule has 0 spiro atoms. The van der Waals surface area contributed by atoms with Crippen LogP contribution in [0, 0.1) is 0 Å². The molecule has 0 unspecified atom stereocenters. The predicted molar refractivity (Wildman–Crippen MR) is 59.9 cm³/mol. The second-order valence-electron chi connectivity index (χ2n) is 3.22. The van der Waals surface area contributed by atoms with Crippen LogP contribution < -0.4 is 0 Å². The standard InChI is InChI=1S/C12H15NO3/c1-2-10(12(14)15)6-8-16-9-11-5-3-4-7-13-11/h3-7H,2,8-9H2,1H3,(H,14,15)/b10-6-. The van der Waals surface area contributed by atoms with E-state index in [0.717, 1.165) is 5.69 Å². The van der Waals surface area contributed by atoms with Gasteiger partial charge < -0.3 is 9.84 Å². The average Bonchev–Trinajstić information content (AvgIpc) is 2.30. The fourth-order valence-corrected chi connectivity index (χ4v) is 1.19. The van der Waals surface area contributed by atoms with Crippen molar-refractivity contribution in [1.82, 2.24) is 4.98 Å². The number of hydrogen-bond donors (Lipinski definition) is 1. The second-order valence-corrected chi connectivity index (χ2v) is 3.22. The first-order chi connectivity index (χ1) is 7.74. The Hall–Kier alpha value is -1.68. The number of carboxylic acid groups (broad SMARTS) is 1. The van der Waals surface area contributed by atoms with Gasteiger partial charge in [0.1, 0.15) is 0 Å². The van der Waals surface area contributed by atoms with Gasteiger partial charge in [0.2, 0.25) is 0 Å². The van der Waals surface area contributed by atoms with Crippen molar-refractivity contribution < 1.29 is 14.6 Å². The van der Waals surface area contributed by atoms with Gasteiger partial charge in [-0.25, -0.2) is 4.79 Å². The van der Waals surface area contributed by atoms with E-state index in [0.29, 0.717) is 25.2 Å². The highest BCUT2D eigenvalue weighted by Gasteiger charge is 2.02. The van der Waals surface area contributed by atoms with Crippen LogP contribution in [0.25, 0.3) is 0 Å². The summed E-state index contributed by atoms with van der Waals surface area (Å²) in [6, 6.07) is 5.58. The lowest BCUT2D eigenvalue weighted by Gasteiger charge is -2.01. The SMILES string of the molecule is CC/C(=C/COCc1ccccn1)C(=O)O. The van der Waals surface area contributed by atoms with Crippen molar-refractivity contribution in [2.24, 2.45) is 0 Å². The van der Waals surface area contributed by atoms with Gasteiger partial charge in [-0.15, -0.1) is 0 Å². The Bertz CT molecular complexity index is 360. The van der Waals surface area contributed by atoms with E-state index in [9.17, 15) is 4.79 Å². The monoisotopic (exact) mass is 221 g/mol. The molecule has 4 nitrogen and oxygen atoms in total. The predicted octanol–water partition coefficient (Wildman–Crippen LogP) is 2.02. The van der Waals surface area contributed by atoms with E-state index in [-0.39, 0.29) is 0 Å². The maximum atomic E-state index is 10.7. The van der Waals surface area contributed by atoms with Gasteiger partial charge in [-0.3, -0.25) is 4.98 Å². The van der Waals surface area contributed by atoms with E-state index in [2.05, 4.69) is 4.98 Å². The quantitative estimate of drug-likeness (QED) is 0.589. The number of aliphatic carboxylic acids is 1. The number of carbonyl (C=O) groups is 1. The van der Waals surface area contributed by atoms with E-state index >= 15 is 0 Å². The fourth-order valence-electron chi connectivity index (χ4n) is 1.19. The number of carboxylic acids is 1. The largest absolute Gasteiger partial charge is 0.478 e. The van der Waals surface area contributed by atoms with Gasteiger partial charge in [0.15, 0.2) is 0 Å². The normalized spacial score (nSPS) is 11.4. The Morgan fingerprint density at radius 2 is 2.38 bits per heavy atom. The summed E-state index contributed by atoms with van der Waals surface area (Å²) in [5, 5.41) is 8.75. The minimum atomic E-state index is -0.885. The van der Waals surface area contributed by atoms with E-state index in [1.165, 1.54) is 0 Å². The molecule has 1 heterocycles. The highest BCUT2D eigenvalue weighted by molar-refractivity contribution is 5.86. The van der Waals surface area contributed by atoms with Gasteiger partial charge in [0, 0.05) is 11.8 Å². The van der Waals surface area contributed by atoms with Crippen LogP contribution in [-0.2, 0) is 16.1 Å². The first-order valence-electron chi connectivity index (χ1n) is 5.14. The van der Waals surface area contributed by atoms with Gasteiger partial charge in [-0.2, -0.15) is 0 Å². The second kappa shape index (κ2) is 6.74. The summed E-state index contributed by atoms with van der Waals surface area (Å²) in [5.41, 5.74) is 1.21. The van der Waals surface area contributed by atoms with Crippen LogP contribution >= 0.6 is 0 Å². The van der Waals surface area contributed by atoms with Crippen LogP contribution in [0.3, 0.4) is 0 Å². The molecular formula is C12H15NO3. The lowest BCUT2D eigenvalue weighted by molar-refractivity contribution is -0.132. The van der Waals surface area contributed by atoms with Gasteiger partial charge in [0.05, 0.1) is 18.9 Å². The summed E-state index contributed by atoms with van der Waals surface area (Å²) in [7, 11) is 0. The molecule has 86 valence electrons. The van der Waals surface area contributed by atoms with Crippen molar-refractivity contribution in [1.29, 1.82) is 0 Å². The zero-order valence-electron chi connectivity index (χ0n) is 9.22. The van der Waals surface area contributed by atoms with Crippen LogP contribution in [0.5, 0.6) is 0 Å². The topological polar surface area (TPSA) is 59.4 Å². The van der Waals surface area contributed by atoms with Crippen LogP contribution in [0.2, 0.25) is 0 Å². The highest BCUT2D eigenvalue weighted by Crippen LogP contribution is 2.01. The Morgan fingerprint density at radius 3 is 2.94 bits per heavy atom. The zero-order valence-corrected chi connectivity index (χ0v) is 9.22. The van der Waals surface area contributed by atoms with Crippen LogP contribution in [0.4, 0.5) is 0 Å². The Labute approximate surface area is 94.6 Å². The number of hydrogen-bond acceptors (Lipinski definition) is 3. The molecule has 0 aliphatic rings. The molecule has 1 aromatic rings. The van der Waals surface area contributed by atoms with Crippen molar-refractivity contribution in [3.05, 3.63) is 41.7 Å². The average molecular weight is 221 g/mol. The van der Waals surface area contributed by atoms with Gasteiger partial charge in [-0.1, -0.05) is 13.0 Å². The van der Waals surface area contributed by atoms with Gasteiger partial charge in [-0.05, 0) is 24.6 Å². The number of pyridine rings is 1. The van der Waals surface area contributed by atoms with Crippen molar-refractivity contribution >= 4 is 5.97 Å². The van der Waals surface area contributed by atoms with Gasteiger partial charge >= 0.3 is 5.97 Å². The molecule has 0 saturated carbocycles. The van der Waals surface area contributed by atoms with Crippen molar-refractivity contribution in [3.63, 3.8) is 0 Å². The minimum absolute atomic E-state index is 0.298. The molecule has 0 amide bonds. The third-order valence-electron chi connectivity index (χ3n) is 2.08. The van der Waals surface area contributed by atoms with E-state index in [1.54, 1.807) is 19.2 Å². The minimum Gasteiger partial charge on any atom is -0.478 e. The molecule has 0 aliphatic carbocycles. The zero-order chi connectivity index (χ0) is 11.8. The summed E-state index contributed by atoms with van der Waals surface area (Å²) < 4.78 is 5.30. The molecule has 4 heteroatoms. The smallest absolute Gasteiger partial charge is 0.331 e. The van der Waals surface area contributed by atoms with E-state index in [4.69, 9.17) is 9.84 Å². The fraction of sp³-hybridized carbons (Fsp3) is 0.333. The third kappa shape index (κ3) is 4.23. The Kier molecular flexibility index (Phi) is 5.22. The van der Waals surface area contributed by atoms with Crippen LogP contribution in [0.15, 0.2) is 36.0 Å². The van der Waals surface area contributed by atoms with Crippen molar-refractivity contribution in [2.75, 3.05) is 6.61 Å². The maximum Gasteiger partial charge on any atom is 0.331 e. The summed E-state index contributed by atoms with van der Waals surface area (Å²) in [6.07, 6.45) is 3.79. The molecule has 0 bridgehead atoms. The first kappa shape index (κ1) is 12.4. The number of aromatic nitrogens is 1. The third-order valence-corrected chi connectivity index (χ3v) is 2.08. The lowest BCUT2D eigenvalue weighted by Crippen LogP contribution is -2.02. The number of ether oxygens (including phenoxy) is 1. The van der Waals surface area contributed by atoms with Crippen LogP contribution in [0.1, 0.15) is 19.0 Å². The summed E-state index contributed by atoms with van der Waals surface area (Å²) in [4.78, 5) is 14.7. The highest BCUT2D eigenvalue weighted by atomic mass is 16.5. The van der Waals surface area contributed by atoms with Crippen LogP contribution in [-0.4, -0.2) is 22.7 Å².